The summed E-state index contributed by atoms with van der Waals surface area (Å²) >= 11 is 1.62. The topological polar surface area (TPSA) is 49.3 Å². The zero-order valence-electron chi connectivity index (χ0n) is 11.7. The van der Waals surface area contributed by atoms with Crippen LogP contribution in [0.5, 0.6) is 0 Å². The maximum Gasteiger partial charge on any atom is 0.416 e. The molecule has 2 N–H and O–H groups in total. The molecule has 1 heterocycles. The van der Waals surface area contributed by atoms with Crippen molar-refractivity contribution >= 4 is 23.7 Å². The number of halogens is 3. The number of hydrogen-bond donors (Lipinski definition) is 2. The Bertz CT molecular complexity index is 566. The van der Waals surface area contributed by atoms with Crippen LogP contribution in [0.3, 0.4) is 0 Å². The monoisotopic (exact) mass is 331 g/mol. The summed E-state index contributed by atoms with van der Waals surface area (Å²) in [6.45, 7) is 0.145. The van der Waals surface area contributed by atoms with E-state index in [4.69, 9.17) is 0 Å². The molecule has 0 saturated carbocycles. The summed E-state index contributed by atoms with van der Waals surface area (Å²) in [6.07, 6.45) is -1.30. The van der Waals surface area contributed by atoms with Gasteiger partial charge in [-0.2, -0.15) is 24.9 Å². The summed E-state index contributed by atoms with van der Waals surface area (Å²) in [4.78, 5) is 11.7. The fraction of sp³-hybridized carbons (Fsp3) is 0.400. The molecule has 1 saturated heterocycles. The van der Waals surface area contributed by atoms with Crippen molar-refractivity contribution in [1.82, 2.24) is 5.32 Å². The molecular weight excluding hydrogens is 315 g/mol. The van der Waals surface area contributed by atoms with Crippen molar-refractivity contribution in [2.75, 3.05) is 18.1 Å². The van der Waals surface area contributed by atoms with Gasteiger partial charge in [0.25, 0.3) is 0 Å². The molecule has 0 spiro atoms. The van der Waals surface area contributed by atoms with Crippen LogP contribution in [0.2, 0.25) is 0 Å². The summed E-state index contributed by atoms with van der Waals surface area (Å²) in [5.41, 5.74) is -1.35. The van der Waals surface area contributed by atoms with Gasteiger partial charge in [0.05, 0.1) is 11.2 Å². The number of carbonyl (C=O) groups is 1. The number of carbonyl (C=O) groups excluding carboxylic acids is 1. The van der Waals surface area contributed by atoms with E-state index in [0.29, 0.717) is 17.7 Å². The van der Waals surface area contributed by atoms with Gasteiger partial charge in [-0.25, -0.2) is 0 Å². The van der Waals surface area contributed by atoms with Crippen molar-refractivity contribution in [2.24, 2.45) is 0 Å². The van der Waals surface area contributed by atoms with Gasteiger partial charge in [-0.05, 0) is 35.9 Å². The summed E-state index contributed by atoms with van der Waals surface area (Å²) in [7, 11) is 0. The Kier molecular flexibility index (Phi) is 5.18. The van der Waals surface area contributed by atoms with E-state index < -0.39 is 23.2 Å². The van der Waals surface area contributed by atoms with Crippen LogP contribution >= 0.6 is 11.8 Å². The molecule has 1 aliphatic heterocycles. The molecule has 0 radical (unpaired) electrons. The van der Waals surface area contributed by atoms with Crippen LogP contribution in [0.1, 0.15) is 17.5 Å². The maximum absolute atomic E-state index is 12.6. The molecule has 0 aliphatic carbocycles. The van der Waals surface area contributed by atoms with Gasteiger partial charge in [-0.15, -0.1) is 0 Å². The molecular formula is C15H16F3NO2S. The van der Waals surface area contributed by atoms with Crippen LogP contribution < -0.4 is 5.32 Å². The molecule has 2 rings (SSSR count). The number of aliphatic hydroxyl groups is 1. The number of rotatable bonds is 4. The summed E-state index contributed by atoms with van der Waals surface area (Å²) < 4.78 is 37.7. The molecule has 7 heteroatoms. The third kappa shape index (κ3) is 4.78. The number of amides is 1. The molecule has 0 aromatic heterocycles. The van der Waals surface area contributed by atoms with Crippen LogP contribution in [0.15, 0.2) is 30.3 Å². The largest absolute Gasteiger partial charge is 0.416 e. The Hall–Kier alpha value is -1.47. The van der Waals surface area contributed by atoms with Gasteiger partial charge in [-0.3, -0.25) is 4.79 Å². The van der Waals surface area contributed by atoms with Crippen molar-refractivity contribution in [2.45, 2.75) is 18.2 Å². The minimum Gasteiger partial charge on any atom is -0.387 e. The molecule has 120 valence electrons. The van der Waals surface area contributed by atoms with Crippen molar-refractivity contribution < 1.29 is 23.1 Å². The SMILES string of the molecule is O=C(C=Cc1cccc(C(F)(F)F)c1)NCC1(O)CCSC1. The van der Waals surface area contributed by atoms with E-state index in [9.17, 15) is 23.1 Å². The van der Waals surface area contributed by atoms with Gasteiger partial charge in [0.1, 0.15) is 0 Å². The lowest BCUT2D eigenvalue weighted by atomic mass is 10.0. The zero-order valence-corrected chi connectivity index (χ0v) is 12.5. The van der Waals surface area contributed by atoms with E-state index in [1.807, 2.05) is 0 Å². The lowest BCUT2D eigenvalue weighted by Gasteiger charge is -2.20. The quantitative estimate of drug-likeness (QED) is 0.834. The van der Waals surface area contributed by atoms with E-state index in [1.165, 1.54) is 24.3 Å². The van der Waals surface area contributed by atoms with Crippen LogP contribution in [0.4, 0.5) is 13.2 Å². The van der Waals surface area contributed by atoms with Crippen molar-refractivity contribution in [3.63, 3.8) is 0 Å². The Labute approximate surface area is 130 Å². The highest BCUT2D eigenvalue weighted by molar-refractivity contribution is 7.99. The molecule has 1 unspecified atom stereocenters. The lowest BCUT2D eigenvalue weighted by molar-refractivity contribution is -0.137. The Morgan fingerprint density at radius 2 is 2.23 bits per heavy atom. The van der Waals surface area contributed by atoms with Gasteiger partial charge in [0.2, 0.25) is 5.91 Å². The van der Waals surface area contributed by atoms with Gasteiger partial charge >= 0.3 is 6.18 Å². The summed E-state index contributed by atoms with van der Waals surface area (Å²) in [6, 6.07) is 4.73. The first-order chi connectivity index (χ1) is 10.3. The first kappa shape index (κ1) is 16.9. The molecule has 1 aromatic carbocycles. The fourth-order valence-corrected chi connectivity index (χ4v) is 3.33. The predicted octanol–water partition coefficient (Wildman–Crippen LogP) is 2.70. The first-order valence-electron chi connectivity index (χ1n) is 6.72. The highest BCUT2D eigenvalue weighted by Gasteiger charge is 2.32. The van der Waals surface area contributed by atoms with Crippen LogP contribution in [0.25, 0.3) is 6.08 Å². The number of hydrogen-bond acceptors (Lipinski definition) is 3. The molecule has 1 aromatic rings. The van der Waals surface area contributed by atoms with Crippen LogP contribution in [-0.4, -0.2) is 34.7 Å². The number of benzene rings is 1. The summed E-state index contributed by atoms with van der Waals surface area (Å²) in [5, 5.41) is 12.6. The second-order valence-electron chi connectivity index (χ2n) is 5.20. The normalized spacial score (nSPS) is 22.2. The first-order valence-corrected chi connectivity index (χ1v) is 7.87. The van der Waals surface area contributed by atoms with Crippen molar-refractivity contribution in [1.29, 1.82) is 0 Å². The highest BCUT2D eigenvalue weighted by atomic mass is 32.2. The lowest BCUT2D eigenvalue weighted by Crippen LogP contribution is -2.42. The standard InChI is InChI=1S/C15H16F3NO2S/c16-15(17,18)12-3-1-2-11(8-12)4-5-13(20)19-9-14(21)6-7-22-10-14/h1-5,8,21H,6-7,9-10H2,(H,19,20). The number of alkyl halides is 3. The van der Waals surface area contributed by atoms with Crippen molar-refractivity contribution in [3.05, 3.63) is 41.5 Å². The second-order valence-corrected chi connectivity index (χ2v) is 6.31. The van der Waals surface area contributed by atoms with Gasteiger partial charge < -0.3 is 10.4 Å². The van der Waals surface area contributed by atoms with E-state index in [0.717, 1.165) is 17.9 Å². The molecule has 1 fully saturated rings. The van der Waals surface area contributed by atoms with Gasteiger partial charge in [0.15, 0.2) is 0 Å². The van der Waals surface area contributed by atoms with Gasteiger partial charge in [-0.1, -0.05) is 12.1 Å². The van der Waals surface area contributed by atoms with Crippen LogP contribution in [0, 0.1) is 0 Å². The average molecular weight is 331 g/mol. The fourth-order valence-electron chi connectivity index (χ4n) is 2.04. The van der Waals surface area contributed by atoms with Crippen molar-refractivity contribution in [3.8, 4) is 0 Å². The minimum atomic E-state index is -4.41. The van der Waals surface area contributed by atoms with E-state index in [1.54, 1.807) is 11.8 Å². The zero-order chi connectivity index (χ0) is 16.2. The number of nitrogens with one attached hydrogen (secondary N) is 1. The molecule has 22 heavy (non-hydrogen) atoms. The minimum absolute atomic E-state index is 0.145. The Balaban J connectivity index is 1.92. The van der Waals surface area contributed by atoms with Crippen LogP contribution in [-0.2, 0) is 11.0 Å². The molecule has 0 bridgehead atoms. The average Bonchev–Trinajstić information content (AvgIpc) is 2.90. The van der Waals surface area contributed by atoms with E-state index >= 15 is 0 Å². The second kappa shape index (κ2) is 6.75. The predicted molar refractivity (Wildman–Crippen MR) is 80.4 cm³/mol. The third-order valence-corrected chi connectivity index (χ3v) is 4.55. The Morgan fingerprint density at radius 1 is 1.45 bits per heavy atom. The maximum atomic E-state index is 12.6. The Morgan fingerprint density at radius 3 is 2.86 bits per heavy atom. The summed E-state index contributed by atoms with van der Waals surface area (Å²) in [5.74, 6) is 0.986. The molecule has 1 aliphatic rings. The highest BCUT2D eigenvalue weighted by Crippen LogP contribution is 2.29. The third-order valence-electron chi connectivity index (χ3n) is 3.32. The molecule has 1 atom stereocenters. The number of thioether (sulfide) groups is 1. The smallest absolute Gasteiger partial charge is 0.387 e. The van der Waals surface area contributed by atoms with Gasteiger partial charge in [0, 0.05) is 18.4 Å². The van der Waals surface area contributed by atoms with E-state index in [2.05, 4.69) is 5.32 Å². The molecule has 1 amide bonds. The van der Waals surface area contributed by atoms with E-state index in [-0.39, 0.29) is 6.54 Å². The molecule has 3 nitrogen and oxygen atoms in total.